The molecule has 1 aromatic heterocycles. The zero-order valence-corrected chi connectivity index (χ0v) is 10.7. The van der Waals surface area contributed by atoms with Crippen LogP contribution in [0, 0.1) is 0 Å². The van der Waals surface area contributed by atoms with Crippen LogP contribution in [0.15, 0.2) is 28.9 Å². The molecule has 88 valence electrons. The van der Waals surface area contributed by atoms with Crippen LogP contribution in [0.2, 0.25) is 0 Å². The second-order valence-corrected chi connectivity index (χ2v) is 4.83. The first-order valence-electron chi connectivity index (χ1n) is 5.52. The topological polar surface area (TPSA) is 50.1 Å². The molecule has 17 heavy (non-hydrogen) atoms. The molecule has 3 rings (SSSR count). The highest BCUT2D eigenvalue weighted by atomic mass is 79.9. The molecular formula is C12H12BrN3O. The van der Waals surface area contributed by atoms with Crippen LogP contribution in [0.4, 0.5) is 0 Å². The summed E-state index contributed by atoms with van der Waals surface area (Å²) < 4.78 is 2.79. The molecule has 0 amide bonds. The summed E-state index contributed by atoms with van der Waals surface area (Å²) in [5.41, 5.74) is 3.20. The Morgan fingerprint density at radius 3 is 3.06 bits per heavy atom. The van der Waals surface area contributed by atoms with Crippen LogP contribution in [0.3, 0.4) is 0 Å². The fraction of sp³-hybridized carbons (Fsp3) is 0.250. The Hall–Kier alpha value is -1.33. The summed E-state index contributed by atoms with van der Waals surface area (Å²) >= 11 is 3.58. The van der Waals surface area contributed by atoms with Crippen molar-refractivity contribution in [2.24, 2.45) is 0 Å². The molecule has 2 heterocycles. The first kappa shape index (κ1) is 10.8. The molecule has 1 aliphatic rings. The van der Waals surface area contributed by atoms with Gasteiger partial charge in [-0.25, -0.2) is 4.68 Å². The SMILES string of the molecule is Oc1cccc(-n2nc3c(c2Br)CNCC3)c1. The second-order valence-electron chi connectivity index (χ2n) is 4.07. The molecule has 0 atom stereocenters. The highest BCUT2D eigenvalue weighted by Crippen LogP contribution is 2.27. The van der Waals surface area contributed by atoms with Gasteiger partial charge in [-0.3, -0.25) is 0 Å². The number of hydrogen-bond donors (Lipinski definition) is 2. The van der Waals surface area contributed by atoms with Gasteiger partial charge in [-0.1, -0.05) is 6.07 Å². The van der Waals surface area contributed by atoms with Crippen LogP contribution < -0.4 is 5.32 Å². The molecular weight excluding hydrogens is 282 g/mol. The molecule has 2 aromatic rings. The van der Waals surface area contributed by atoms with Gasteiger partial charge in [0.1, 0.15) is 10.4 Å². The van der Waals surface area contributed by atoms with Gasteiger partial charge in [0.2, 0.25) is 0 Å². The standard InChI is InChI=1S/C12H12BrN3O/c13-12-10-7-14-5-4-11(10)15-16(12)8-2-1-3-9(17)6-8/h1-3,6,14,17H,4-5,7H2. The minimum Gasteiger partial charge on any atom is -0.508 e. The molecule has 1 aliphatic heterocycles. The molecule has 0 bridgehead atoms. The number of benzene rings is 1. The van der Waals surface area contributed by atoms with Gasteiger partial charge in [0.15, 0.2) is 0 Å². The molecule has 0 spiro atoms. The van der Waals surface area contributed by atoms with Crippen molar-refractivity contribution >= 4 is 15.9 Å². The monoisotopic (exact) mass is 293 g/mol. The van der Waals surface area contributed by atoms with Gasteiger partial charge >= 0.3 is 0 Å². The third-order valence-electron chi connectivity index (χ3n) is 2.92. The molecule has 4 nitrogen and oxygen atoms in total. The van der Waals surface area contributed by atoms with Gasteiger partial charge in [-0.2, -0.15) is 5.10 Å². The van der Waals surface area contributed by atoms with Crippen LogP contribution in [0.25, 0.3) is 5.69 Å². The van der Waals surface area contributed by atoms with E-state index in [0.717, 1.165) is 35.5 Å². The second kappa shape index (κ2) is 4.16. The van der Waals surface area contributed by atoms with Gasteiger partial charge in [-0.05, 0) is 28.1 Å². The summed E-state index contributed by atoms with van der Waals surface area (Å²) in [6.45, 7) is 1.81. The van der Waals surface area contributed by atoms with Gasteiger partial charge in [0.05, 0.1) is 11.4 Å². The van der Waals surface area contributed by atoms with Gasteiger partial charge in [0.25, 0.3) is 0 Å². The van der Waals surface area contributed by atoms with Crippen molar-refractivity contribution in [3.8, 4) is 11.4 Å². The third-order valence-corrected chi connectivity index (χ3v) is 3.73. The normalized spacial score (nSPS) is 14.6. The smallest absolute Gasteiger partial charge is 0.117 e. The zero-order chi connectivity index (χ0) is 11.8. The van der Waals surface area contributed by atoms with Gasteiger partial charge in [-0.15, -0.1) is 0 Å². The summed E-state index contributed by atoms with van der Waals surface area (Å²) in [7, 11) is 0. The molecule has 0 radical (unpaired) electrons. The van der Waals surface area contributed by atoms with E-state index in [0.29, 0.717) is 0 Å². The van der Waals surface area contributed by atoms with Gasteiger partial charge < -0.3 is 10.4 Å². The summed E-state index contributed by atoms with van der Waals surface area (Å²) in [6.07, 6.45) is 0.944. The maximum Gasteiger partial charge on any atom is 0.117 e. The van der Waals surface area contributed by atoms with Crippen LogP contribution in [0.1, 0.15) is 11.3 Å². The average molecular weight is 294 g/mol. The number of nitrogens with zero attached hydrogens (tertiary/aromatic N) is 2. The maximum atomic E-state index is 9.50. The van der Waals surface area contributed by atoms with Crippen molar-refractivity contribution in [2.45, 2.75) is 13.0 Å². The molecule has 5 heteroatoms. The quantitative estimate of drug-likeness (QED) is 0.845. The Labute approximate surface area is 107 Å². The number of rotatable bonds is 1. The largest absolute Gasteiger partial charge is 0.508 e. The Morgan fingerprint density at radius 1 is 1.41 bits per heavy atom. The van der Waals surface area contributed by atoms with Crippen LogP contribution >= 0.6 is 15.9 Å². The van der Waals surface area contributed by atoms with Crippen molar-refractivity contribution < 1.29 is 5.11 Å². The number of aromatic hydroxyl groups is 1. The number of fused-ring (bicyclic) bond motifs is 1. The van der Waals surface area contributed by atoms with Crippen molar-refractivity contribution in [1.29, 1.82) is 0 Å². The summed E-state index contributed by atoms with van der Waals surface area (Å²) in [5, 5.41) is 17.4. The van der Waals surface area contributed by atoms with E-state index in [2.05, 4.69) is 26.3 Å². The molecule has 2 N–H and O–H groups in total. The maximum absolute atomic E-state index is 9.50. The van der Waals surface area contributed by atoms with E-state index in [-0.39, 0.29) is 5.75 Å². The Bertz CT molecular complexity index is 565. The number of phenolic OH excluding ortho intramolecular Hbond substituents is 1. The van der Waals surface area contributed by atoms with E-state index in [1.807, 2.05) is 16.8 Å². The first-order valence-corrected chi connectivity index (χ1v) is 6.31. The van der Waals surface area contributed by atoms with E-state index < -0.39 is 0 Å². The Balaban J connectivity index is 2.12. The summed E-state index contributed by atoms with van der Waals surface area (Å²) in [6, 6.07) is 7.10. The minimum absolute atomic E-state index is 0.251. The highest BCUT2D eigenvalue weighted by molar-refractivity contribution is 9.10. The number of hydrogen-bond acceptors (Lipinski definition) is 3. The van der Waals surface area contributed by atoms with E-state index in [1.165, 1.54) is 5.56 Å². The number of halogens is 1. The summed E-state index contributed by atoms with van der Waals surface area (Å²) in [5.74, 6) is 0.251. The van der Waals surface area contributed by atoms with Crippen LogP contribution in [-0.2, 0) is 13.0 Å². The fourth-order valence-electron chi connectivity index (χ4n) is 2.06. The van der Waals surface area contributed by atoms with E-state index in [9.17, 15) is 5.11 Å². The van der Waals surface area contributed by atoms with E-state index in [1.54, 1.807) is 12.1 Å². The fourth-order valence-corrected chi connectivity index (χ4v) is 2.72. The lowest BCUT2D eigenvalue weighted by molar-refractivity contribution is 0.474. The zero-order valence-electron chi connectivity index (χ0n) is 9.15. The number of aromatic nitrogens is 2. The summed E-state index contributed by atoms with van der Waals surface area (Å²) in [4.78, 5) is 0. The van der Waals surface area contributed by atoms with Crippen molar-refractivity contribution in [3.05, 3.63) is 40.1 Å². The third kappa shape index (κ3) is 1.85. The lowest BCUT2D eigenvalue weighted by atomic mass is 10.1. The number of nitrogens with one attached hydrogen (secondary N) is 1. The predicted octanol–water partition coefficient (Wildman–Crippen LogP) is 1.99. The van der Waals surface area contributed by atoms with E-state index >= 15 is 0 Å². The van der Waals surface area contributed by atoms with Crippen molar-refractivity contribution in [2.75, 3.05) is 6.54 Å². The highest BCUT2D eigenvalue weighted by Gasteiger charge is 2.19. The van der Waals surface area contributed by atoms with Crippen LogP contribution in [-0.4, -0.2) is 21.4 Å². The van der Waals surface area contributed by atoms with E-state index in [4.69, 9.17) is 0 Å². The lowest BCUT2D eigenvalue weighted by Gasteiger charge is -2.10. The van der Waals surface area contributed by atoms with Crippen molar-refractivity contribution in [1.82, 2.24) is 15.1 Å². The average Bonchev–Trinajstić information content (AvgIpc) is 2.68. The van der Waals surface area contributed by atoms with Crippen molar-refractivity contribution in [3.63, 3.8) is 0 Å². The first-order chi connectivity index (χ1) is 8.25. The van der Waals surface area contributed by atoms with Crippen LogP contribution in [0.5, 0.6) is 5.75 Å². The lowest BCUT2D eigenvalue weighted by Crippen LogP contribution is -2.23. The predicted molar refractivity (Wildman–Crippen MR) is 68.3 cm³/mol. The molecule has 0 fully saturated rings. The molecule has 0 aliphatic carbocycles. The van der Waals surface area contributed by atoms with Gasteiger partial charge in [0, 0.05) is 31.1 Å². The Morgan fingerprint density at radius 2 is 2.29 bits per heavy atom. The minimum atomic E-state index is 0.251. The Kier molecular flexibility index (Phi) is 2.64. The number of phenols is 1. The molecule has 1 aromatic carbocycles. The molecule has 0 saturated heterocycles. The molecule has 0 unspecified atom stereocenters. The molecule has 0 saturated carbocycles.